The molecular formula is C21H19NO4. The lowest BCUT2D eigenvalue weighted by atomic mass is 9.97. The van der Waals surface area contributed by atoms with E-state index < -0.39 is 5.97 Å². The summed E-state index contributed by atoms with van der Waals surface area (Å²) in [5.41, 5.74) is 0.508. The second-order valence-corrected chi connectivity index (χ2v) is 6.26. The van der Waals surface area contributed by atoms with E-state index in [2.05, 4.69) is 6.07 Å². The minimum Gasteiger partial charge on any atom is -0.452 e. The number of hydrogen-bond acceptors (Lipinski definition) is 4. The first-order valence-electron chi connectivity index (χ1n) is 8.67. The summed E-state index contributed by atoms with van der Waals surface area (Å²) in [6.45, 7) is 1.86. The maximum atomic E-state index is 12.8. The van der Waals surface area contributed by atoms with Crippen LogP contribution in [0.4, 0.5) is 0 Å². The lowest BCUT2D eigenvalue weighted by Crippen LogP contribution is -2.42. The number of benzene rings is 3. The Morgan fingerprint density at radius 1 is 0.923 bits per heavy atom. The van der Waals surface area contributed by atoms with E-state index in [0.29, 0.717) is 31.9 Å². The number of fused-ring (bicyclic) bond motifs is 2. The van der Waals surface area contributed by atoms with Crippen LogP contribution in [0.25, 0.3) is 21.5 Å². The average Bonchev–Trinajstić information content (AvgIpc) is 2.70. The van der Waals surface area contributed by atoms with Gasteiger partial charge in [0.05, 0.1) is 18.8 Å². The third-order valence-electron chi connectivity index (χ3n) is 4.67. The highest BCUT2D eigenvalue weighted by Crippen LogP contribution is 2.29. The van der Waals surface area contributed by atoms with Crippen LogP contribution in [0.5, 0.6) is 0 Å². The zero-order chi connectivity index (χ0) is 17.9. The molecule has 0 aromatic heterocycles. The molecule has 0 spiro atoms. The van der Waals surface area contributed by atoms with Crippen LogP contribution in [0.1, 0.15) is 10.4 Å². The molecular weight excluding hydrogens is 330 g/mol. The van der Waals surface area contributed by atoms with Crippen molar-refractivity contribution in [3.8, 4) is 0 Å². The van der Waals surface area contributed by atoms with Crippen molar-refractivity contribution in [1.82, 2.24) is 4.90 Å². The van der Waals surface area contributed by atoms with Gasteiger partial charge in [0.15, 0.2) is 6.61 Å². The molecule has 4 rings (SSSR count). The van der Waals surface area contributed by atoms with Gasteiger partial charge >= 0.3 is 5.97 Å². The van der Waals surface area contributed by atoms with Crippen molar-refractivity contribution < 1.29 is 19.1 Å². The summed E-state index contributed by atoms with van der Waals surface area (Å²) in [4.78, 5) is 26.8. The first-order chi connectivity index (χ1) is 12.7. The summed E-state index contributed by atoms with van der Waals surface area (Å²) in [6, 6.07) is 17.5. The second kappa shape index (κ2) is 7.14. The Morgan fingerprint density at radius 3 is 2.12 bits per heavy atom. The molecule has 0 bridgehead atoms. The van der Waals surface area contributed by atoms with E-state index in [1.165, 1.54) is 0 Å². The van der Waals surface area contributed by atoms with Crippen LogP contribution in [0.3, 0.4) is 0 Å². The summed E-state index contributed by atoms with van der Waals surface area (Å²) >= 11 is 0. The molecule has 0 aliphatic carbocycles. The van der Waals surface area contributed by atoms with E-state index >= 15 is 0 Å². The van der Waals surface area contributed by atoms with E-state index in [1.807, 2.05) is 48.5 Å². The Balaban J connectivity index is 1.64. The van der Waals surface area contributed by atoms with Gasteiger partial charge in [0.2, 0.25) is 0 Å². The Kier molecular flexibility index (Phi) is 4.54. The fourth-order valence-corrected chi connectivity index (χ4v) is 3.34. The van der Waals surface area contributed by atoms with E-state index in [0.717, 1.165) is 21.5 Å². The van der Waals surface area contributed by atoms with Crippen molar-refractivity contribution in [2.45, 2.75) is 0 Å². The number of morpholine rings is 1. The number of carbonyl (C=O) groups excluding carboxylic acids is 2. The smallest absolute Gasteiger partial charge is 0.339 e. The summed E-state index contributed by atoms with van der Waals surface area (Å²) in [7, 11) is 0. The lowest BCUT2D eigenvalue weighted by molar-refractivity contribution is -0.138. The van der Waals surface area contributed by atoms with Crippen LogP contribution in [0.15, 0.2) is 54.6 Å². The summed E-state index contributed by atoms with van der Waals surface area (Å²) in [5.74, 6) is -0.661. The largest absolute Gasteiger partial charge is 0.452 e. The minimum atomic E-state index is -0.473. The Labute approximate surface area is 151 Å². The zero-order valence-electron chi connectivity index (χ0n) is 14.3. The van der Waals surface area contributed by atoms with E-state index in [9.17, 15) is 9.59 Å². The average molecular weight is 349 g/mol. The maximum absolute atomic E-state index is 12.8. The third kappa shape index (κ3) is 3.13. The number of esters is 1. The molecule has 26 heavy (non-hydrogen) atoms. The molecule has 5 nitrogen and oxygen atoms in total. The highest BCUT2D eigenvalue weighted by atomic mass is 16.5. The number of amides is 1. The molecule has 0 radical (unpaired) electrons. The molecule has 1 aliphatic rings. The molecule has 1 fully saturated rings. The highest BCUT2D eigenvalue weighted by molar-refractivity contribution is 6.16. The van der Waals surface area contributed by atoms with Gasteiger partial charge in [-0.2, -0.15) is 0 Å². The molecule has 5 heteroatoms. The van der Waals surface area contributed by atoms with Gasteiger partial charge in [-0.25, -0.2) is 4.79 Å². The van der Waals surface area contributed by atoms with Crippen LogP contribution in [0, 0.1) is 0 Å². The summed E-state index contributed by atoms with van der Waals surface area (Å²) in [5, 5.41) is 3.60. The molecule has 3 aromatic carbocycles. The van der Waals surface area contributed by atoms with Crippen molar-refractivity contribution in [3.63, 3.8) is 0 Å². The van der Waals surface area contributed by atoms with Gasteiger partial charge in [0.1, 0.15) is 0 Å². The number of ether oxygens (including phenoxy) is 2. The number of nitrogens with zero attached hydrogens (tertiary/aromatic N) is 1. The summed E-state index contributed by atoms with van der Waals surface area (Å²) < 4.78 is 10.6. The Hall–Kier alpha value is -2.92. The zero-order valence-corrected chi connectivity index (χ0v) is 14.3. The molecule has 0 N–H and O–H groups in total. The van der Waals surface area contributed by atoms with E-state index in [1.54, 1.807) is 4.90 Å². The van der Waals surface area contributed by atoms with Crippen molar-refractivity contribution in [3.05, 3.63) is 60.2 Å². The maximum Gasteiger partial charge on any atom is 0.339 e. The molecule has 1 heterocycles. The summed E-state index contributed by atoms with van der Waals surface area (Å²) in [6.07, 6.45) is 0. The predicted octanol–water partition coefficient (Wildman–Crippen LogP) is 3.01. The van der Waals surface area contributed by atoms with Crippen molar-refractivity contribution in [2.24, 2.45) is 0 Å². The predicted molar refractivity (Wildman–Crippen MR) is 99.1 cm³/mol. The third-order valence-corrected chi connectivity index (χ3v) is 4.67. The Morgan fingerprint density at radius 2 is 1.50 bits per heavy atom. The molecule has 1 amide bonds. The standard InChI is InChI=1S/C21H19NO4/c23-19(22-9-11-25-12-10-22)14-26-21(24)20-17-7-3-1-5-15(17)13-16-6-2-4-8-18(16)20/h1-8,13H,9-12,14H2. The lowest BCUT2D eigenvalue weighted by Gasteiger charge is -2.26. The fourth-order valence-electron chi connectivity index (χ4n) is 3.34. The normalized spacial score (nSPS) is 14.5. The van der Waals surface area contributed by atoms with Crippen LogP contribution < -0.4 is 0 Å². The fraction of sp³-hybridized carbons (Fsp3) is 0.238. The van der Waals surface area contributed by atoms with Gasteiger partial charge in [0.25, 0.3) is 5.91 Å². The van der Waals surface area contributed by atoms with Crippen LogP contribution >= 0.6 is 0 Å². The quantitative estimate of drug-likeness (QED) is 0.539. The topological polar surface area (TPSA) is 55.8 Å². The number of carbonyl (C=O) groups is 2. The van der Waals surface area contributed by atoms with Gasteiger partial charge in [-0.15, -0.1) is 0 Å². The first kappa shape index (κ1) is 16.5. The van der Waals surface area contributed by atoms with Gasteiger partial charge in [-0.1, -0.05) is 48.5 Å². The van der Waals surface area contributed by atoms with Gasteiger partial charge in [0, 0.05) is 13.1 Å². The molecule has 132 valence electrons. The van der Waals surface area contributed by atoms with Crippen LogP contribution in [-0.4, -0.2) is 49.7 Å². The monoisotopic (exact) mass is 349 g/mol. The van der Waals surface area contributed by atoms with Crippen molar-refractivity contribution in [2.75, 3.05) is 32.9 Å². The van der Waals surface area contributed by atoms with Crippen molar-refractivity contribution >= 4 is 33.4 Å². The number of rotatable bonds is 3. The van der Waals surface area contributed by atoms with Gasteiger partial charge in [-0.05, 0) is 27.6 Å². The Bertz CT molecular complexity index is 922. The highest BCUT2D eigenvalue weighted by Gasteiger charge is 2.21. The molecule has 0 unspecified atom stereocenters. The van der Waals surface area contributed by atoms with Crippen molar-refractivity contribution in [1.29, 1.82) is 0 Å². The second-order valence-electron chi connectivity index (χ2n) is 6.26. The SMILES string of the molecule is O=C(OCC(=O)N1CCOCC1)c1c2ccccc2cc2ccccc12. The molecule has 0 atom stereocenters. The van der Waals surface area contributed by atoms with E-state index in [-0.39, 0.29) is 12.5 Å². The minimum absolute atomic E-state index is 0.189. The molecule has 3 aromatic rings. The first-order valence-corrected chi connectivity index (χ1v) is 8.67. The van der Waals surface area contributed by atoms with Gasteiger partial charge < -0.3 is 14.4 Å². The molecule has 0 saturated carbocycles. The van der Waals surface area contributed by atoms with E-state index in [4.69, 9.17) is 9.47 Å². The molecule has 1 aliphatic heterocycles. The molecule has 1 saturated heterocycles. The number of hydrogen-bond donors (Lipinski definition) is 0. The van der Waals surface area contributed by atoms with Gasteiger partial charge in [-0.3, -0.25) is 4.79 Å². The van der Waals surface area contributed by atoms with Crippen LogP contribution in [0.2, 0.25) is 0 Å². The van der Waals surface area contributed by atoms with Crippen LogP contribution in [-0.2, 0) is 14.3 Å².